The van der Waals surface area contributed by atoms with Gasteiger partial charge in [-0.05, 0) is 57.9 Å². The lowest BCUT2D eigenvalue weighted by molar-refractivity contribution is -0.184. The molecule has 0 bridgehead atoms. The van der Waals surface area contributed by atoms with Gasteiger partial charge < -0.3 is 19.5 Å². The van der Waals surface area contributed by atoms with Gasteiger partial charge in [0.05, 0.1) is 49.0 Å². The van der Waals surface area contributed by atoms with Gasteiger partial charge in [-0.1, -0.05) is 30.3 Å². The van der Waals surface area contributed by atoms with E-state index in [-0.39, 0.29) is 50.6 Å². The average Bonchev–Trinajstić information content (AvgIpc) is 3.41. The summed E-state index contributed by atoms with van der Waals surface area (Å²) >= 11 is 0. The molecule has 2 atom stereocenters. The predicted octanol–water partition coefficient (Wildman–Crippen LogP) is 5.77. The maximum Gasteiger partial charge on any atom is 0.411 e. The number of nitrogens with one attached hydrogen (secondary N) is 1. The molecule has 1 aliphatic carbocycles. The van der Waals surface area contributed by atoms with Crippen molar-refractivity contribution in [2.75, 3.05) is 19.8 Å². The Labute approximate surface area is 253 Å². The number of hydrogen-bond acceptors (Lipinski definition) is 8. The molecule has 11 nitrogen and oxygen atoms in total. The molecule has 2 fully saturated rings. The molecule has 0 spiro atoms. The van der Waals surface area contributed by atoms with E-state index in [0.29, 0.717) is 24.5 Å². The molecule has 1 aromatic carbocycles. The van der Waals surface area contributed by atoms with Gasteiger partial charge in [0.15, 0.2) is 0 Å². The maximum absolute atomic E-state index is 13.4. The summed E-state index contributed by atoms with van der Waals surface area (Å²) in [5.74, 6) is -1.47. The van der Waals surface area contributed by atoms with Crippen LogP contribution in [0.25, 0.3) is 5.78 Å². The Hall–Kier alpha value is -3.94. The molecular weight excluding hydrogens is 581 g/mol. The number of alkyl halides is 3. The van der Waals surface area contributed by atoms with E-state index in [1.807, 2.05) is 30.3 Å². The second-order valence-electron chi connectivity index (χ2n) is 12.2. The first-order valence-corrected chi connectivity index (χ1v) is 14.7. The zero-order valence-electron chi connectivity index (χ0n) is 24.9. The molecule has 2 aliphatic rings. The Kier molecular flexibility index (Phi) is 9.28. The fourth-order valence-corrected chi connectivity index (χ4v) is 5.61. The van der Waals surface area contributed by atoms with E-state index in [2.05, 4.69) is 20.4 Å². The molecule has 0 radical (unpaired) electrons. The van der Waals surface area contributed by atoms with Crippen LogP contribution < -0.4 is 5.32 Å². The van der Waals surface area contributed by atoms with Crippen LogP contribution >= 0.6 is 0 Å². The van der Waals surface area contributed by atoms with Crippen LogP contribution in [-0.2, 0) is 20.8 Å². The molecule has 1 N–H and O–H groups in total. The first-order valence-electron chi connectivity index (χ1n) is 14.7. The van der Waals surface area contributed by atoms with Crippen molar-refractivity contribution in [3.63, 3.8) is 0 Å². The number of fused-ring (bicyclic) bond motifs is 1. The summed E-state index contributed by atoms with van der Waals surface area (Å²) in [6.07, 6.45) is -1.93. The number of carbonyl (C=O) groups is 2. The number of aromatic nitrogens is 4. The first kappa shape index (κ1) is 31.5. The number of benzene rings is 1. The van der Waals surface area contributed by atoms with Gasteiger partial charge in [-0.2, -0.15) is 18.3 Å². The van der Waals surface area contributed by atoms with Gasteiger partial charge in [0.2, 0.25) is 0 Å². The lowest BCUT2D eigenvalue weighted by Gasteiger charge is -2.36. The zero-order chi connectivity index (χ0) is 31.5. The smallest absolute Gasteiger partial charge is 0.411 e. The molecule has 1 saturated carbocycles. The number of carbonyl (C=O) groups excluding carboxylic acids is 2. The van der Waals surface area contributed by atoms with Crippen molar-refractivity contribution in [3.05, 3.63) is 59.7 Å². The van der Waals surface area contributed by atoms with Gasteiger partial charge in [-0.25, -0.2) is 24.1 Å². The van der Waals surface area contributed by atoms with Crippen LogP contribution in [0.5, 0.6) is 0 Å². The van der Waals surface area contributed by atoms with Crippen molar-refractivity contribution in [1.82, 2.24) is 29.8 Å². The summed E-state index contributed by atoms with van der Waals surface area (Å²) in [4.78, 5) is 36.6. The monoisotopic (exact) mass is 618 g/mol. The van der Waals surface area contributed by atoms with E-state index in [0.717, 1.165) is 5.56 Å². The number of nitrogens with zero attached hydrogens (tertiary/aromatic N) is 5. The SMILES string of the molecule is CC(C)(C)OC(=O)N1CCOCC1c1cnn2cc([C@@H](NC(=O)OCc3ccccc3)C3CCC(C(F)(F)F)CC3)nc2n1. The molecule has 3 aromatic rings. The Morgan fingerprint density at radius 3 is 2.50 bits per heavy atom. The maximum atomic E-state index is 13.4. The Bertz CT molecular complexity index is 1440. The van der Waals surface area contributed by atoms with E-state index in [4.69, 9.17) is 14.2 Å². The number of halogens is 3. The minimum absolute atomic E-state index is 0.0372. The highest BCUT2D eigenvalue weighted by Crippen LogP contribution is 2.43. The molecule has 1 aliphatic heterocycles. The van der Waals surface area contributed by atoms with Crippen LogP contribution in [0, 0.1) is 11.8 Å². The number of ether oxygens (including phenoxy) is 3. The van der Waals surface area contributed by atoms with E-state index >= 15 is 0 Å². The largest absolute Gasteiger partial charge is 0.445 e. The molecule has 1 saturated heterocycles. The van der Waals surface area contributed by atoms with Crippen LogP contribution in [0.15, 0.2) is 42.7 Å². The highest BCUT2D eigenvalue weighted by Gasteiger charge is 2.43. The highest BCUT2D eigenvalue weighted by molar-refractivity contribution is 5.69. The summed E-state index contributed by atoms with van der Waals surface area (Å²) in [6, 6.07) is 7.87. The summed E-state index contributed by atoms with van der Waals surface area (Å²) in [6.45, 7) is 6.25. The number of alkyl carbamates (subject to hydrolysis) is 1. The zero-order valence-corrected chi connectivity index (χ0v) is 24.9. The fourth-order valence-electron chi connectivity index (χ4n) is 5.61. The van der Waals surface area contributed by atoms with Crippen LogP contribution in [0.3, 0.4) is 0 Å². The molecule has 2 amide bonds. The standard InChI is InChI=1S/C30H37F3N6O5/c1-29(2,3)44-28(41)38-13-14-42-18-24(38)22-15-34-39-16-23(36-26(39)35-22)25(20-9-11-21(12-10-20)30(31,32)33)37-27(40)43-17-19-7-5-4-6-8-19/h4-8,15-16,20-21,24-25H,9-14,17-18H2,1-3H3,(H,37,40)/t20?,21?,24?,25-/m0/s1. The van der Waals surface area contributed by atoms with Crippen LogP contribution in [0.4, 0.5) is 22.8 Å². The molecule has 14 heteroatoms. The third kappa shape index (κ3) is 7.76. The van der Waals surface area contributed by atoms with Crippen molar-refractivity contribution in [1.29, 1.82) is 0 Å². The Morgan fingerprint density at radius 2 is 1.82 bits per heavy atom. The average molecular weight is 619 g/mol. The van der Waals surface area contributed by atoms with Gasteiger partial charge >= 0.3 is 18.4 Å². The minimum Gasteiger partial charge on any atom is -0.445 e. The molecular formula is C30H37F3N6O5. The Balaban J connectivity index is 1.37. The molecule has 238 valence electrons. The Morgan fingerprint density at radius 1 is 1.09 bits per heavy atom. The summed E-state index contributed by atoms with van der Waals surface area (Å²) in [5.41, 5.74) is 0.957. The summed E-state index contributed by atoms with van der Waals surface area (Å²) in [5, 5.41) is 7.28. The summed E-state index contributed by atoms with van der Waals surface area (Å²) < 4.78 is 58.2. The van der Waals surface area contributed by atoms with Crippen molar-refractivity contribution < 1.29 is 37.0 Å². The molecule has 1 unspecified atom stereocenters. The third-order valence-corrected chi connectivity index (χ3v) is 7.84. The number of rotatable bonds is 6. The summed E-state index contributed by atoms with van der Waals surface area (Å²) in [7, 11) is 0. The number of hydrogen-bond donors (Lipinski definition) is 1. The molecule has 44 heavy (non-hydrogen) atoms. The topological polar surface area (TPSA) is 120 Å². The molecule has 2 aromatic heterocycles. The van der Waals surface area contributed by atoms with Gasteiger partial charge in [0.1, 0.15) is 18.2 Å². The van der Waals surface area contributed by atoms with Crippen LogP contribution in [0.2, 0.25) is 0 Å². The van der Waals surface area contributed by atoms with Crippen molar-refractivity contribution in [3.8, 4) is 0 Å². The van der Waals surface area contributed by atoms with E-state index in [1.165, 1.54) is 10.7 Å². The van der Waals surface area contributed by atoms with Gasteiger partial charge in [-0.3, -0.25) is 4.90 Å². The lowest BCUT2D eigenvalue weighted by Crippen LogP contribution is -2.46. The number of morpholine rings is 1. The van der Waals surface area contributed by atoms with Crippen molar-refractivity contribution in [2.24, 2.45) is 11.8 Å². The molecule has 5 rings (SSSR count). The fraction of sp³-hybridized carbons (Fsp3) is 0.567. The van der Waals surface area contributed by atoms with Gasteiger partial charge in [0.25, 0.3) is 5.78 Å². The van der Waals surface area contributed by atoms with Gasteiger partial charge in [-0.15, -0.1) is 0 Å². The minimum atomic E-state index is -4.26. The third-order valence-electron chi connectivity index (χ3n) is 7.84. The number of imidazole rings is 1. The number of amides is 2. The van der Waals surface area contributed by atoms with Crippen molar-refractivity contribution in [2.45, 2.75) is 76.9 Å². The van der Waals surface area contributed by atoms with Crippen LogP contribution in [-0.4, -0.2) is 68.2 Å². The van der Waals surface area contributed by atoms with E-state index < -0.39 is 42.0 Å². The second kappa shape index (κ2) is 13.0. The normalized spacial score (nSPS) is 22.0. The van der Waals surface area contributed by atoms with E-state index in [1.54, 1.807) is 31.9 Å². The predicted molar refractivity (Wildman–Crippen MR) is 151 cm³/mol. The second-order valence-corrected chi connectivity index (χ2v) is 12.2. The highest BCUT2D eigenvalue weighted by atomic mass is 19.4. The quantitative estimate of drug-likeness (QED) is 0.370. The lowest BCUT2D eigenvalue weighted by atomic mass is 9.77. The first-order chi connectivity index (χ1) is 20.9. The van der Waals surface area contributed by atoms with Crippen LogP contribution in [0.1, 0.15) is 75.5 Å². The van der Waals surface area contributed by atoms with Crippen molar-refractivity contribution >= 4 is 18.0 Å². The molecule has 3 heterocycles. The van der Waals surface area contributed by atoms with E-state index in [9.17, 15) is 22.8 Å². The van der Waals surface area contributed by atoms with Gasteiger partial charge in [0, 0.05) is 6.54 Å².